The molecular formula is C13H22N2OS. The van der Waals surface area contributed by atoms with Crippen LogP contribution in [0.2, 0.25) is 0 Å². The van der Waals surface area contributed by atoms with Crippen molar-refractivity contribution in [2.24, 2.45) is 17.1 Å². The zero-order chi connectivity index (χ0) is 12.6. The van der Waals surface area contributed by atoms with Crippen LogP contribution in [0, 0.1) is 11.3 Å². The number of carbonyl (C=O) groups is 1. The fourth-order valence-electron chi connectivity index (χ4n) is 2.95. The van der Waals surface area contributed by atoms with Crippen molar-refractivity contribution in [2.75, 3.05) is 7.05 Å². The Morgan fingerprint density at radius 3 is 2.53 bits per heavy atom. The second-order valence-electron chi connectivity index (χ2n) is 5.79. The van der Waals surface area contributed by atoms with E-state index in [1.54, 1.807) is 0 Å². The first-order chi connectivity index (χ1) is 7.97. The van der Waals surface area contributed by atoms with E-state index in [0.29, 0.717) is 11.0 Å². The van der Waals surface area contributed by atoms with Crippen molar-refractivity contribution < 1.29 is 4.79 Å². The number of hydrogen-bond donors (Lipinski definition) is 1. The molecule has 0 aromatic rings. The molecule has 2 atom stereocenters. The summed E-state index contributed by atoms with van der Waals surface area (Å²) in [6.45, 7) is 2.27. The minimum Gasteiger partial charge on any atom is -0.392 e. The molecule has 0 aliphatic heterocycles. The van der Waals surface area contributed by atoms with E-state index < -0.39 is 5.41 Å². The van der Waals surface area contributed by atoms with Crippen LogP contribution in [0.4, 0.5) is 0 Å². The van der Waals surface area contributed by atoms with Crippen molar-refractivity contribution in [3.8, 4) is 0 Å². The summed E-state index contributed by atoms with van der Waals surface area (Å²) in [5.41, 5.74) is 5.23. The fourth-order valence-corrected chi connectivity index (χ4v) is 3.24. The highest BCUT2D eigenvalue weighted by Gasteiger charge is 2.54. The Morgan fingerprint density at radius 1 is 1.41 bits per heavy atom. The maximum atomic E-state index is 12.4. The Labute approximate surface area is 109 Å². The third-order valence-corrected chi connectivity index (χ3v) is 4.80. The SMILES string of the molecule is CC1CCCC(N(C)C(=O)C2(C(N)=S)CC2)C1. The van der Waals surface area contributed by atoms with E-state index in [4.69, 9.17) is 18.0 Å². The van der Waals surface area contributed by atoms with Gasteiger partial charge in [0.25, 0.3) is 0 Å². The third-order valence-electron chi connectivity index (χ3n) is 4.41. The Hall–Kier alpha value is -0.640. The number of nitrogens with two attached hydrogens (primary N) is 1. The molecule has 0 bridgehead atoms. The van der Waals surface area contributed by atoms with Gasteiger partial charge in [-0.15, -0.1) is 0 Å². The van der Waals surface area contributed by atoms with Gasteiger partial charge in [0, 0.05) is 13.1 Å². The van der Waals surface area contributed by atoms with E-state index in [2.05, 4.69) is 6.92 Å². The monoisotopic (exact) mass is 254 g/mol. The van der Waals surface area contributed by atoms with Gasteiger partial charge in [0.15, 0.2) is 0 Å². The van der Waals surface area contributed by atoms with Crippen LogP contribution < -0.4 is 5.73 Å². The molecule has 17 heavy (non-hydrogen) atoms. The molecule has 2 aliphatic rings. The van der Waals surface area contributed by atoms with Crippen molar-refractivity contribution in [3.05, 3.63) is 0 Å². The summed E-state index contributed by atoms with van der Waals surface area (Å²) in [6, 6.07) is 0.387. The summed E-state index contributed by atoms with van der Waals surface area (Å²) in [4.78, 5) is 14.7. The fraction of sp³-hybridized carbons (Fsp3) is 0.846. The van der Waals surface area contributed by atoms with Crippen LogP contribution in [0.5, 0.6) is 0 Å². The molecule has 2 saturated carbocycles. The predicted molar refractivity (Wildman–Crippen MR) is 72.6 cm³/mol. The van der Waals surface area contributed by atoms with Gasteiger partial charge in [-0.1, -0.05) is 32.0 Å². The average molecular weight is 254 g/mol. The van der Waals surface area contributed by atoms with Crippen LogP contribution in [0.15, 0.2) is 0 Å². The summed E-state index contributed by atoms with van der Waals surface area (Å²) in [6.07, 6.45) is 6.44. The maximum absolute atomic E-state index is 12.4. The zero-order valence-electron chi connectivity index (χ0n) is 10.7. The minimum absolute atomic E-state index is 0.157. The second kappa shape index (κ2) is 4.56. The largest absolute Gasteiger partial charge is 0.392 e. The Morgan fingerprint density at radius 2 is 2.06 bits per heavy atom. The molecule has 2 aliphatic carbocycles. The summed E-state index contributed by atoms with van der Waals surface area (Å²) in [5, 5.41) is 0. The van der Waals surface area contributed by atoms with Gasteiger partial charge in [-0.2, -0.15) is 0 Å². The number of carbonyl (C=O) groups excluding carboxylic acids is 1. The van der Waals surface area contributed by atoms with Gasteiger partial charge in [-0.05, 0) is 31.6 Å². The molecule has 3 nitrogen and oxygen atoms in total. The van der Waals surface area contributed by atoms with E-state index in [9.17, 15) is 4.79 Å². The molecule has 0 spiro atoms. The number of thiocarbonyl (C=S) groups is 1. The van der Waals surface area contributed by atoms with Crippen LogP contribution in [0.25, 0.3) is 0 Å². The van der Waals surface area contributed by atoms with Gasteiger partial charge >= 0.3 is 0 Å². The van der Waals surface area contributed by atoms with Crippen molar-refractivity contribution >= 4 is 23.1 Å². The molecule has 4 heteroatoms. The van der Waals surface area contributed by atoms with Gasteiger partial charge in [0.2, 0.25) is 5.91 Å². The van der Waals surface area contributed by atoms with Crippen LogP contribution in [0.3, 0.4) is 0 Å². The van der Waals surface area contributed by atoms with Crippen LogP contribution in [-0.2, 0) is 4.79 Å². The molecule has 0 aromatic heterocycles. The summed E-state index contributed by atoms with van der Waals surface area (Å²) in [7, 11) is 1.92. The highest BCUT2D eigenvalue weighted by atomic mass is 32.1. The smallest absolute Gasteiger partial charge is 0.235 e. The van der Waals surface area contributed by atoms with Gasteiger partial charge in [0.1, 0.15) is 0 Å². The van der Waals surface area contributed by atoms with E-state index in [1.807, 2.05) is 11.9 Å². The standard InChI is InChI=1S/C13H22N2OS/c1-9-4-3-5-10(8-9)15(2)12(16)13(6-7-13)11(14)17/h9-10H,3-8H2,1-2H3,(H2,14,17). The quantitative estimate of drug-likeness (QED) is 0.784. The van der Waals surface area contributed by atoms with Gasteiger partial charge < -0.3 is 10.6 Å². The summed E-state index contributed by atoms with van der Waals surface area (Å²) >= 11 is 5.04. The normalized spacial score (nSPS) is 30.7. The molecule has 2 unspecified atom stereocenters. The third kappa shape index (κ3) is 2.32. The predicted octanol–water partition coefficient (Wildman–Crippen LogP) is 2.09. The number of nitrogens with zero attached hydrogens (tertiary/aromatic N) is 1. The average Bonchev–Trinajstić information content (AvgIpc) is 3.08. The number of hydrogen-bond acceptors (Lipinski definition) is 2. The lowest BCUT2D eigenvalue weighted by Crippen LogP contribution is -2.46. The highest BCUT2D eigenvalue weighted by Crippen LogP contribution is 2.48. The van der Waals surface area contributed by atoms with Crippen molar-refractivity contribution in [3.63, 3.8) is 0 Å². The molecule has 1 amide bonds. The first-order valence-electron chi connectivity index (χ1n) is 6.54. The molecular weight excluding hydrogens is 232 g/mol. The highest BCUT2D eigenvalue weighted by molar-refractivity contribution is 7.80. The summed E-state index contributed by atoms with van der Waals surface area (Å²) in [5.74, 6) is 0.882. The Balaban J connectivity index is 2.02. The second-order valence-corrected chi connectivity index (χ2v) is 6.23. The zero-order valence-corrected chi connectivity index (χ0v) is 11.6. The van der Waals surface area contributed by atoms with E-state index in [1.165, 1.54) is 12.8 Å². The molecule has 2 fully saturated rings. The summed E-state index contributed by atoms with van der Waals surface area (Å²) < 4.78 is 0. The van der Waals surface area contributed by atoms with Crippen LogP contribution in [0.1, 0.15) is 45.4 Å². The van der Waals surface area contributed by atoms with E-state index in [-0.39, 0.29) is 5.91 Å². The van der Waals surface area contributed by atoms with Crippen LogP contribution >= 0.6 is 12.2 Å². The molecule has 0 radical (unpaired) electrons. The molecule has 0 saturated heterocycles. The van der Waals surface area contributed by atoms with Crippen molar-refractivity contribution in [1.29, 1.82) is 0 Å². The lowest BCUT2D eigenvalue weighted by atomic mass is 9.86. The number of amides is 1. The topological polar surface area (TPSA) is 46.3 Å². The molecule has 96 valence electrons. The van der Waals surface area contributed by atoms with Crippen LogP contribution in [-0.4, -0.2) is 28.9 Å². The lowest BCUT2D eigenvalue weighted by molar-refractivity contribution is -0.136. The molecule has 2 N–H and O–H groups in total. The Bertz CT molecular complexity index is 338. The van der Waals surface area contributed by atoms with Gasteiger partial charge in [-0.25, -0.2) is 0 Å². The minimum atomic E-state index is -0.481. The van der Waals surface area contributed by atoms with Gasteiger partial charge in [0.05, 0.1) is 10.4 Å². The van der Waals surface area contributed by atoms with Crippen molar-refractivity contribution in [2.45, 2.75) is 51.5 Å². The van der Waals surface area contributed by atoms with E-state index >= 15 is 0 Å². The molecule has 0 aromatic carbocycles. The van der Waals surface area contributed by atoms with Crippen molar-refractivity contribution in [1.82, 2.24) is 4.90 Å². The first kappa shape index (κ1) is 12.8. The van der Waals surface area contributed by atoms with Gasteiger partial charge in [-0.3, -0.25) is 4.79 Å². The molecule has 2 rings (SSSR count). The van der Waals surface area contributed by atoms with E-state index in [0.717, 1.165) is 31.6 Å². The Kier molecular flexibility index (Phi) is 3.43. The maximum Gasteiger partial charge on any atom is 0.235 e. The molecule has 0 heterocycles. The lowest BCUT2D eigenvalue weighted by Gasteiger charge is -2.36. The first-order valence-corrected chi connectivity index (χ1v) is 6.95. The number of rotatable bonds is 3.